The highest BCUT2D eigenvalue weighted by molar-refractivity contribution is 9.10. The lowest BCUT2D eigenvalue weighted by Crippen LogP contribution is -2.31. The lowest BCUT2D eigenvalue weighted by atomic mass is 9.90. The van der Waals surface area contributed by atoms with E-state index in [0.29, 0.717) is 16.0 Å². The van der Waals surface area contributed by atoms with Gasteiger partial charge in [0.15, 0.2) is 0 Å². The minimum absolute atomic E-state index is 0.165. The molecule has 0 bridgehead atoms. The molecule has 1 saturated heterocycles. The lowest BCUT2D eigenvalue weighted by Gasteiger charge is -2.24. The first-order valence-electron chi connectivity index (χ1n) is 6.35. The molecule has 1 fully saturated rings. The Morgan fingerprint density at radius 2 is 2.33 bits per heavy atom. The van der Waals surface area contributed by atoms with Gasteiger partial charge in [0.25, 0.3) is 0 Å². The first kappa shape index (κ1) is 13.8. The van der Waals surface area contributed by atoms with E-state index >= 15 is 0 Å². The Morgan fingerprint density at radius 1 is 1.56 bits per heavy atom. The Hall–Kier alpha value is -0.610. The van der Waals surface area contributed by atoms with Crippen molar-refractivity contribution in [3.8, 4) is 5.75 Å². The molecule has 0 aliphatic carbocycles. The summed E-state index contributed by atoms with van der Waals surface area (Å²) in [6.45, 7) is 3.94. The molecule has 1 unspecified atom stereocenters. The van der Waals surface area contributed by atoms with Crippen molar-refractivity contribution in [1.29, 1.82) is 0 Å². The fourth-order valence-corrected chi connectivity index (χ4v) is 3.20. The number of hydrogen-bond donors (Lipinski definition) is 1. The van der Waals surface area contributed by atoms with Crippen LogP contribution in [0.25, 0.3) is 0 Å². The number of piperidine rings is 1. The second-order valence-electron chi connectivity index (χ2n) is 4.89. The molecule has 2 rings (SSSR count). The molecule has 0 amide bonds. The van der Waals surface area contributed by atoms with E-state index in [4.69, 9.17) is 4.74 Å². The van der Waals surface area contributed by atoms with E-state index in [-0.39, 0.29) is 5.82 Å². The maximum atomic E-state index is 13.8. The number of benzene rings is 1. The van der Waals surface area contributed by atoms with E-state index in [1.54, 1.807) is 7.11 Å². The molecule has 18 heavy (non-hydrogen) atoms. The molecule has 1 heterocycles. The molecule has 1 N–H and O–H groups in total. The van der Waals surface area contributed by atoms with E-state index < -0.39 is 0 Å². The molecule has 100 valence electrons. The Balaban J connectivity index is 2.29. The number of rotatable bonds is 3. The number of ether oxygens (including phenoxy) is 1. The normalized spacial score (nSPS) is 19.9. The van der Waals surface area contributed by atoms with Gasteiger partial charge in [-0.15, -0.1) is 0 Å². The van der Waals surface area contributed by atoms with Crippen molar-refractivity contribution in [2.24, 2.45) is 5.92 Å². The third-order valence-electron chi connectivity index (χ3n) is 3.65. The molecule has 0 spiro atoms. The molecule has 0 radical (unpaired) electrons. The maximum Gasteiger partial charge on any atom is 0.136 e. The molecule has 1 aromatic carbocycles. The molecule has 4 heteroatoms. The van der Waals surface area contributed by atoms with Gasteiger partial charge in [0, 0.05) is 5.56 Å². The van der Waals surface area contributed by atoms with Crippen molar-refractivity contribution in [1.82, 2.24) is 5.32 Å². The van der Waals surface area contributed by atoms with Gasteiger partial charge in [-0.2, -0.15) is 0 Å². The average Bonchev–Trinajstić information content (AvgIpc) is 2.37. The zero-order valence-corrected chi connectivity index (χ0v) is 12.4. The number of methoxy groups -OCH3 is 1. The van der Waals surface area contributed by atoms with E-state index in [2.05, 4.69) is 21.2 Å². The summed E-state index contributed by atoms with van der Waals surface area (Å²) in [5.74, 6) is 1.18. The van der Waals surface area contributed by atoms with E-state index in [0.717, 1.165) is 30.8 Å². The van der Waals surface area contributed by atoms with Gasteiger partial charge in [0.1, 0.15) is 11.6 Å². The molecule has 1 aromatic rings. The second kappa shape index (κ2) is 6.02. The van der Waals surface area contributed by atoms with Gasteiger partial charge in [-0.1, -0.05) is 0 Å². The standard InChI is InChI=1S/C14H19BrFNO/c1-9-11(6-10-4-3-5-17-8-10)14(18-2)12(15)7-13(9)16/h7,10,17H,3-6,8H2,1-2H3. The summed E-state index contributed by atoms with van der Waals surface area (Å²) in [6, 6.07) is 1.48. The summed E-state index contributed by atoms with van der Waals surface area (Å²) in [7, 11) is 1.64. The van der Waals surface area contributed by atoms with Gasteiger partial charge in [-0.25, -0.2) is 4.39 Å². The molecule has 0 aromatic heterocycles. The Kier molecular flexibility index (Phi) is 4.62. The quantitative estimate of drug-likeness (QED) is 0.922. The van der Waals surface area contributed by atoms with Gasteiger partial charge < -0.3 is 10.1 Å². The summed E-state index contributed by atoms with van der Waals surface area (Å²) in [5.41, 5.74) is 1.71. The van der Waals surface area contributed by atoms with E-state index in [9.17, 15) is 4.39 Å². The Morgan fingerprint density at radius 3 is 2.94 bits per heavy atom. The first-order chi connectivity index (χ1) is 8.63. The van der Waals surface area contributed by atoms with Crippen molar-refractivity contribution >= 4 is 15.9 Å². The van der Waals surface area contributed by atoms with Crippen molar-refractivity contribution < 1.29 is 9.13 Å². The average molecular weight is 316 g/mol. The zero-order chi connectivity index (χ0) is 13.1. The third kappa shape index (κ3) is 2.86. The predicted octanol–water partition coefficient (Wildman–Crippen LogP) is 3.45. The molecule has 2 nitrogen and oxygen atoms in total. The molecular weight excluding hydrogens is 297 g/mol. The molecular formula is C14H19BrFNO. The summed E-state index contributed by atoms with van der Waals surface area (Å²) in [4.78, 5) is 0. The van der Waals surface area contributed by atoms with Gasteiger partial charge >= 0.3 is 0 Å². The highest BCUT2D eigenvalue weighted by Crippen LogP contribution is 2.35. The van der Waals surface area contributed by atoms with Crippen molar-refractivity contribution in [3.05, 3.63) is 27.5 Å². The van der Waals surface area contributed by atoms with Crippen LogP contribution in [-0.4, -0.2) is 20.2 Å². The SMILES string of the molecule is COc1c(Br)cc(F)c(C)c1CC1CCCNC1. The fourth-order valence-electron chi connectivity index (χ4n) is 2.60. The van der Waals surface area contributed by atoms with Gasteiger partial charge in [0.05, 0.1) is 11.6 Å². The third-order valence-corrected chi connectivity index (χ3v) is 4.24. The van der Waals surface area contributed by atoms with Crippen LogP contribution in [0.15, 0.2) is 10.5 Å². The molecule has 1 atom stereocenters. The molecule has 1 aliphatic heterocycles. The zero-order valence-electron chi connectivity index (χ0n) is 10.9. The van der Waals surface area contributed by atoms with Gasteiger partial charge in [-0.05, 0) is 72.8 Å². The van der Waals surface area contributed by atoms with Crippen LogP contribution in [0.4, 0.5) is 4.39 Å². The van der Waals surface area contributed by atoms with E-state index in [1.165, 1.54) is 18.9 Å². The topological polar surface area (TPSA) is 21.3 Å². The van der Waals surface area contributed by atoms with Gasteiger partial charge in [0.2, 0.25) is 0 Å². The fraction of sp³-hybridized carbons (Fsp3) is 0.571. The second-order valence-corrected chi connectivity index (χ2v) is 5.75. The number of hydrogen-bond acceptors (Lipinski definition) is 2. The molecule has 1 aliphatic rings. The summed E-state index contributed by atoms with van der Waals surface area (Å²) < 4.78 is 19.9. The number of halogens is 2. The van der Waals surface area contributed by atoms with Crippen LogP contribution >= 0.6 is 15.9 Å². The highest BCUT2D eigenvalue weighted by atomic mass is 79.9. The van der Waals surface area contributed by atoms with Crippen LogP contribution in [0.3, 0.4) is 0 Å². The van der Waals surface area contributed by atoms with Crippen molar-refractivity contribution in [3.63, 3.8) is 0 Å². The van der Waals surface area contributed by atoms with Crippen molar-refractivity contribution in [2.75, 3.05) is 20.2 Å². The van der Waals surface area contributed by atoms with Crippen LogP contribution in [0.5, 0.6) is 5.75 Å². The monoisotopic (exact) mass is 315 g/mol. The van der Waals surface area contributed by atoms with Gasteiger partial charge in [-0.3, -0.25) is 0 Å². The van der Waals surface area contributed by atoms with E-state index in [1.807, 2.05) is 6.92 Å². The van der Waals surface area contributed by atoms with Crippen LogP contribution in [0, 0.1) is 18.7 Å². The van der Waals surface area contributed by atoms with Crippen LogP contribution in [0.1, 0.15) is 24.0 Å². The van der Waals surface area contributed by atoms with Crippen LogP contribution in [0.2, 0.25) is 0 Å². The first-order valence-corrected chi connectivity index (χ1v) is 7.15. The van der Waals surface area contributed by atoms with Crippen molar-refractivity contribution in [2.45, 2.75) is 26.2 Å². The Labute approximate surface area is 116 Å². The minimum atomic E-state index is -0.165. The summed E-state index contributed by atoms with van der Waals surface area (Å²) in [5, 5.41) is 3.39. The highest BCUT2D eigenvalue weighted by Gasteiger charge is 2.20. The summed E-state index contributed by atoms with van der Waals surface area (Å²) in [6.07, 6.45) is 3.27. The largest absolute Gasteiger partial charge is 0.495 e. The lowest BCUT2D eigenvalue weighted by molar-refractivity contribution is 0.361. The molecule has 0 saturated carbocycles. The maximum absolute atomic E-state index is 13.8. The smallest absolute Gasteiger partial charge is 0.136 e. The predicted molar refractivity (Wildman–Crippen MR) is 74.7 cm³/mol. The van der Waals surface area contributed by atoms with Crippen LogP contribution < -0.4 is 10.1 Å². The Bertz CT molecular complexity index is 430. The number of nitrogens with one attached hydrogen (secondary N) is 1. The van der Waals surface area contributed by atoms with Crippen LogP contribution in [-0.2, 0) is 6.42 Å². The minimum Gasteiger partial charge on any atom is -0.495 e. The summed E-state index contributed by atoms with van der Waals surface area (Å²) >= 11 is 3.38.